The quantitative estimate of drug-likeness (QED) is 0.891. The highest BCUT2D eigenvalue weighted by Gasteiger charge is 2.19. The number of rotatable bonds is 4. The molecule has 1 fully saturated rings. The molecule has 1 aromatic carbocycles. The lowest BCUT2D eigenvalue weighted by atomic mass is 9.87. The molecule has 1 aliphatic rings. The maximum Gasteiger partial charge on any atom is 0.239 e. The predicted octanol–water partition coefficient (Wildman–Crippen LogP) is 3.07. The standard InChI is InChI=1S/C15H20F2N2O/c1-10-2-5-12(6-3-10)19-15(20)9-18-14-8-11(16)4-7-13(14)17/h4,7-8,10,12,18H,2-3,5-6,9H2,1H3,(H,19,20). The van der Waals surface area contributed by atoms with Gasteiger partial charge < -0.3 is 10.6 Å². The number of hydrogen-bond donors (Lipinski definition) is 2. The number of carbonyl (C=O) groups excluding carboxylic acids is 1. The van der Waals surface area contributed by atoms with Crippen LogP contribution in [0.15, 0.2) is 18.2 Å². The minimum Gasteiger partial charge on any atom is -0.374 e. The van der Waals surface area contributed by atoms with Crippen molar-refractivity contribution in [3.63, 3.8) is 0 Å². The summed E-state index contributed by atoms with van der Waals surface area (Å²) in [5.74, 6) is -0.558. The zero-order valence-electron chi connectivity index (χ0n) is 11.6. The van der Waals surface area contributed by atoms with Crippen LogP contribution in [0.25, 0.3) is 0 Å². The molecular formula is C15H20F2N2O. The molecule has 2 rings (SSSR count). The van der Waals surface area contributed by atoms with E-state index in [-0.39, 0.29) is 24.2 Å². The molecule has 1 aliphatic carbocycles. The molecule has 0 aromatic heterocycles. The van der Waals surface area contributed by atoms with Crippen LogP contribution in [0, 0.1) is 17.6 Å². The molecule has 20 heavy (non-hydrogen) atoms. The molecule has 0 radical (unpaired) electrons. The van der Waals surface area contributed by atoms with Gasteiger partial charge in [0.25, 0.3) is 0 Å². The molecule has 0 unspecified atom stereocenters. The average molecular weight is 282 g/mol. The summed E-state index contributed by atoms with van der Waals surface area (Å²) in [4.78, 5) is 11.8. The lowest BCUT2D eigenvalue weighted by molar-refractivity contribution is -0.120. The van der Waals surface area contributed by atoms with Crippen molar-refractivity contribution in [3.05, 3.63) is 29.8 Å². The first kappa shape index (κ1) is 14.8. The molecule has 0 heterocycles. The van der Waals surface area contributed by atoms with Crippen molar-refractivity contribution in [2.75, 3.05) is 11.9 Å². The van der Waals surface area contributed by atoms with Gasteiger partial charge >= 0.3 is 0 Å². The Morgan fingerprint density at radius 3 is 2.65 bits per heavy atom. The van der Waals surface area contributed by atoms with Crippen LogP contribution in [0.5, 0.6) is 0 Å². The first-order valence-corrected chi connectivity index (χ1v) is 7.03. The van der Waals surface area contributed by atoms with Crippen LogP contribution in [0.2, 0.25) is 0 Å². The second-order valence-electron chi connectivity index (χ2n) is 5.50. The monoisotopic (exact) mass is 282 g/mol. The number of hydrogen-bond acceptors (Lipinski definition) is 2. The molecule has 5 heteroatoms. The van der Waals surface area contributed by atoms with Crippen LogP contribution in [0.4, 0.5) is 14.5 Å². The van der Waals surface area contributed by atoms with Crippen LogP contribution in [-0.4, -0.2) is 18.5 Å². The van der Waals surface area contributed by atoms with E-state index in [1.165, 1.54) is 0 Å². The van der Waals surface area contributed by atoms with Crippen LogP contribution < -0.4 is 10.6 Å². The summed E-state index contributed by atoms with van der Waals surface area (Å²) in [5.41, 5.74) is 0.0115. The lowest BCUT2D eigenvalue weighted by Crippen LogP contribution is -2.40. The maximum atomic E-state index is 13.4. The Labute approximate surface area is 117 Å². The van der Waals surface area contributed by atoms with E-state index in [1.807, 2.05) is 0 Å². The van der Waals surface area contributed by atoms with Gasteiger partial charge in [0.05, 0.1) is 12.2 Å². The summed E-state index contributed by atoms with van der Waals surface area (Å²) >= 11 is 0. The summed E-state index contributed by atoms with van der Waals surface area (Å²) < 4.78 is 26.3. The van der Waals surface area contributed by atoms with Gasteiger partial charge in [0.15, 0.2) is 0 Å². The van der Waals surface area contributed by atoms with E-state index in [4.69, 9.17) is 0 Å². The zero-order valence-corrected chi connectivity index (χ0v) is 11.6. The van der Waals surface area contributed by atoms with Crippen LogP contribution in [-0.2, 0) is 4.79 Å². The Kier molecular flexibility index (Phi) is 4.93. The molecule has 0 atom stereocenters. The fourth-order valence-corrected chi connectivity index (χ4v) is 2.49. The van der Waals surface area contributed by atoms with Crippen LogP contribution in [0.1, 0.15) is 32.6 Å². The van der Waals surface area contributed by atoms with Gasteiger partial charge in [-0.1, -0.05) is 6.92 Å². The molecular weight excluding hydrogens is 262 g/mol. The first-order chi connectivity index (χ1) is 9.54. The Morgan fingerprint density at radius 2 is 1.95 bits per heavy atom. The third kappa shape index (κ3) is 4.18. The van der Waals surface area contributed by atoms with Crippen LogP contribution >= 0.6 is 0 Å². The van der Waals surface area contributed by atoms with E-state index in [9.17, 15) is 13.6 Å². The molecule has 110 valence electrons. The first-order valence-electron chi connectivity index (χ1n) is 7.03. The molecule has 1 saturated carbocycles. The Hall–Kier alpha value is -1.65. The summed E-state index contributed by atoms with van der Waals surface area (Å²) in [7, 11) is 0. The number of benzene rings is 1. The van der Waals surface area contributed by atoms with Gasteiger partial charge in [-0.3, -0.25) is 4.79 Å². The predicted molar refractivity (Wildman–Crippen MR) is 74.4 cm³/mol. The smallest absolute Gasteiger partial charge is 0.239 e. The van der Waals surface area contributed by atoms with Gasteiger partial charge in [0.2, 0.25) is 5.91 Å². The summed E-state index contributed by atoms with van der Waals surface area (Å²) in [6.45, 7) is 2.17. The maximum absolute atomic E-state index is 13.4. The summed E-state index contributed by atoms with van der Waals surface area (Å²) in [6.07, 6.45) is 4.22. The van der Waals surface area contributed by atoms with Gasteiger partial charge in [-0.2, -0.15) is 0 Å². The Bertz CT molecular complexity index is 471. The Morgan fingerprint density at radius 1 is 1.25 bits per heavy atom. The minimum absolute atomic E-state index is 0.0115. The van der Waals surface area contributed by atoms with Gasteiger partial charge in [-0.25, -0.2) is 8.78 Å². The van der Waals surface area contributed by atoms with Crippen molar-refractivity contribution < 1.29 is 13.6 Å². The fourth-order valence-electron chi connectivity index (χ4n) is 2.49. The summed E-state index contributed by atoms with van der Waals surface area (Å²) in [5, 5.41) is 5.55. The lowest BCUT2D eigenvalue weighted by Gasteiger charge is -2.27. The van der Waals surface area contributed by atoms with Gasteiger partial charge in [-0.05, 0) is 49.8 Å². The fraction of sp³-hybridized carbons (Fsp3) is 0.533. The van der Waals surface area contributed by atoms with Crippen molar-refractivity contribution in [2.24, 2.45) is 5.92 Å². The average Bonchev–Trinajstić information content (AvgIpc) is 2.42. The van der Waals surface area contributed by atoms with Crippen LogP contribution in [0.3, 0.4) is 0 Å². The molecule has 1 amide bonds. The Balaban J connectivity index is 1.79. The van der Waals surface area contributed by atoms with Crippen molar-refractivity contribution in [2.45, 2.75) is 38.6 Å². The highest BCUT2D eigenvalue weighted by Crippen LogP contribution is 2.23. The molecule has 3 nitrogen and oxygen atoms in total. The largest absolute Gasteiger partial charge is 0.374 e. The van der Waals surface area contributed by atoms with Gasteiger partial charge in [0.1, 0.15) is 11.6 Å². The minimum atomic E-state index is -0.564. The van der Waals surface area contributed by atoms with Gasteiger partial charge in [0, 0.05) is 6.04 Å². The van der Waals surface area contributed by atoms with E-state index in [0.29, 0.717) is 0 Å². The molecule has 0 saturated heterocycles. The number of amides is 1. The van der Waals surface area contributed by atoms with Gasteiger partial charge in [-0.15, -0.1) is 0 Å². The second kappa shape index (κ2) is 6.68. The van der Waals surface area contributed by atoms with E-state index in [2.05, 4.69) is 17.6 Å². The number of halogens is 2. The molecule has 0 spiro atoms. The number of anilines is 1. The number of carbonyl (C=O) groups is 1. The zero-order chi connectivity index (χ0) is 14.5. The van der Waals surface area contributed by atoms with E-state index in [0.717, 1.165) is 49.8 Å². The van der Waals surface area contributed by atoms with E-state index >= 15 is 0 Å². The normalized spacial score (nSPS) is 22.4. The van der Waals surface area contributed by atoms with Crippen molar-refractivity contribution in [1.82, 2.24) is 5.32 Å². The summed E-state index contributed by atoms with van der Waals surface area (Å²) in [6, 6.07) is 3.34. The topological polar surface area (TPSA) is 41.1 Å². The SMILES string of the molecule is CC1CCC(NC(=O)CNc2cc(F)ccc2F)CC1. The highest BCUT2D eigenvalue weighted by molar-refractivity contribution is 5.81. The third-order valence-electron chi connectivity index (χ3n) is 3.75. The van der Waals surface area contributed by atoms with E-state index < -0.39 is 11.6 Å². The highest BCUT2D eigenvalue weighted by atomic mass is 19.1. The van der Waals surface area contributed by atoms with Crippen molar-refractivity contribution >= 4 is 11.6 Å². The molecule has 2 N–H and O–H groups in total. The van der Waals surface area contributed by atoms with Crippen molar-refractivity contribution in [3.8, 4) is 0 Å². The molecule has 0 bridgehead atoms. The molecule has 0 aliphatic heterocycles. The second-order valence-corrected chi connectivity index (χ2v) is 5.50. The van der Waals surface area contributed by atoms with E-state index in [1.54, 1.807) is 0 Å². The number of nitrogens with one attached hydrogen (secondary N) is 2. The van der Waals surface area contributed by atoms with Crippen molar-refractivity contribution in [1.29, 1.82) is 0 Å². The molecule has 1 aromatic rings. The third-order valence-corrected chi connectivity index (χ3v) is 3.75.